The Morgan fingerprint density at radius 1 is 1.54 bits per heavy atom. The van der Waals surface area contributed by atoms with Crippen LogP contribution in [0.3, 0.4) is 0 Å². The second-order valence-electron chi connectivity index (χ2n) is 3.92. The van der Waals surface area contributed by atoms with Gasteiger partial charge >= 0.3 is 0 Å². The van der Waals surface area contributed by atoms with Gasteiger partial charge in [0.15, 0.2) is 0 Å². The molecular weight excluding hydrogens is 166 g/mol. The molecule has 0 saturated heterocycles. The van der Waals surface area contributed by atoms with E-state index < -0.39 is 6.04 Å². The van der Waals surface area contributed by atoms with Crippen LogP contribution in [0.4, 0.5) is 0 Å². The summed E-state index contributed by atoms with van der Waals surface area (Å²) in [6.07, 6.45) is 4.10. The lowest BCUT2D eigenvalue weighted by atomic mass is 9.91. The van der Waals surface area contributed by atoms with Crippen molar-refractivity contribution in [1.82, 2.24) is 5.32 Å². The molecule has 0 aromatic carbocycles. The summed E-state index contributed by atoms with van der Waals surface area (Å²) >= 11 is 0. The van der Waals surface area contributed by atoms with Crippen molar-refractivity contribution in [2.45, 2.75) is 50.7 Å². The topological polar surface area (TPSA) is 81.1 Å². The summed E-state index contributed by atoms with van der Waals surface area (Å²) in [5.74, 6) is -0.0703. The van der Waals surface area contributed by atoms with E-state index >= 15 is 0 Å². The Morgan fingerprint density at radius 3 is 2.77 bits per heavy atom. The highest BCUT2D eigenvalue weighted by atomic mass is 16.2. The molecule has 1 saturated carbocycles. The van der Waals surface area contributed by atoms with Crippen LogP contribution in [0.1, 0.15) is 32.6 Å². The van der Waals surface area contributed by atoms with Crippen molar-refractivity contribution in [3.05, 3.63) is 0 Å². The van der Waals surface area contributed by atoms with Gasteiger partial charge in [-0.15, -0.1) is 0 Å². The molecule has 0 aromatic heterocycles. The van der Waals surface area contributed by atoms with Gasteiger partial charge < -0.3 is 16.8 Å². The number of hydrogen-bond donors (Lipinski definition) is 3. The number of amides is 1. The smallest absolute Gasteiger partial charge is 0.236 e. The SMILES string of the molecule is CC(N)C(=O)NC1CCCC(N)C1. The number of rotatable bonds is 2. The van der Waals surface area contributed by atoms with Gasteiger partial charge in [0.2, 0.25) is 5.91 Å². The third-order valence-electron chi connectivity index (χ3n) is 2.47. The molecule has 13 heavy (non-hydrogen) atoms. The highest BCUT2D eigenvalue weighted by Gasteiger charge is 2.21. The maximum Gasteiger partial charge on any atom is 0.236 e. The third kappa shape index (κ3) is 3.32. The van der Waals surface area contributed by atoms with E-state index in [1.165, 1.54) is 0 Å². The Labute approximate surface area is 79.0 Å². The molecule has 1 rings (SSSR count). The van der Waals surface area contributed by atoms with E-state index in [2.05, 4.69) is 5.32 Å². The minimum atomic E-state index is -0.418. The monoisotopic (exact) mass is 185 g/mol. The first kappa shape index (κ1) is 10.5. The number of nitrogens with two attached hydrogens (primary N) is 2. The predicted octanol–water partition coefficient (Wildman–Crippen LogP) is -0.280. The van der Waals surface area contributed by atoms with E-state index in [1.54, 1.807) is 6.92 Å². The largest absolute Gasteiger partial charge is 0.352 e. The van der Waals surface area contributed by atoms with E-state index in [0.29, 0.717) is 0 Å². The van der Waals surface area contributed by atoms with Crippen molar-refractivity contribution in [3.63, 3.8) is 0 Å². The van der Waals surface area contributed by atoms with Gasteiger partial charge in [-0.05, 0) is 32.6 Å². The summed E-state index contributed by atoms with van der Waals surface area (Å²) in [5.41, 5.74) is 11.2. The Kier molecular flexibility index (Phi) is 3.69. The molecule has 0 spiro atoms. The maximum atomic E-state index is 11.2. The minimum absolute atomic E-state index is 0.0703. The fourth-order valence-corrected chi connectivity index (χ4v) is 1.69. The van der Waals surface area contributed by atoms with Crippen molar-refractivity contribution in [2.24, 2.45) is 11.5 Å². The fourth-order valence-electron chi connectivity index (χ4n) is 1.69. The zero-order chi connectivity index (χ0) is 9.84. The van der Waals surface area contributed by atoms with Gasteiger partial charge in [0.1, 0.15) is 0 Å². The first-order valence-electron chi connectivity index (χ1n) is 4.91. The molecule has 0 aliphatic heterocycles. The van der Waals surface area contributed by atoms with Crippen LogP contribution >= 0.6 is 0 Å². The van der Waals surface area contributed by atoms with Crippen LogP contribution < -0.4 is 16.8 Å². The van der Waals surface area contributed by atoms with Gasteiger partial charge in [-0.2, -0.15) is 0 Å². The second-order valence-corrected chi connectivity index (χ2v) is 3.92. The molecule has 0 heterocycles. The summed E-state index contributed by atoms with van der Waals surface area (Å²) in [6, 6.07) is 0.0625. The number of carbonyl (C=O) groups is 1. The highest BCUT2D eigenvalue weighted by molar-refractivity contribution is 5.81. The molecule has 1 aliphatic carbocycles. The zero-order valence-electron chi connectivity index (χ0n) is 8.12. The first-order valence-corrected chi connectivity index (χ1v) is 4.91. The lowest BCUT2D eigenvalue weighted by molar-refractivity contribution is -0.122. The summed E-state index contributed by atoms with van der Waals surface area (Å²) < 4.78 is 0. The molecule has 1 fully saturated rings. The van der Waals surface area contributed by atoms with E-state index in [-0.39, 0.29) is 18.0 Å². The van der Waals surface area contributed by atoms with Gasteiger partial charge in [0, 0.05) is 12.1 Å². The van der Waals surface area contributed by atoms with Crippen molar-refractivity contribution in [3.8, 4) is 0 Å². The standard InChI is InChI=1S/C9H19N3O/c1-6(10)9(13)12-8-4-2-3-7(11)5-8/h6-8H,2-5,10-11H2,1H3,(H,12,13). The molecule has 76 valence electrons. The number of carbonyl (C=O) groups excluding carboxylic acids is 1. The Bertz CT molecular complexity index is 182. The molecule has 1 aliphatic rings. The average Bonchev–Trinajstić information content (AvgIpc) is 2.04. The average molecular weight is 185 g/mol. The van der Waals surface area contributed by atoms with E-state index in [1.807, 2.05) is 0 Å². The van der Waals surface area contributed by atoms with Gasteiger partial charge in [0.05, 0.1) is 6.04 Å². The van der Waals surface area contributed by atoms with Crippen molar-refractivity contribution >= 4 is 5.91 Å². The second kappa shape index (κ2) is 4.58. The Hall–Kier alpha value is -0.610. The zero-order valence-corrected chi connectivity index (χ0v) is 8.12. The van der Waals surface area contributed by atoms with Crippen LogP contribution in [0, 0.1) is 0 Å². The highest BCUT2D eigenvalue weighted by Crippen LogP contribution is 2.16. The van der Waals surface area contributed by atoms with E-state index in [9.17, 15) is 4.79 Å². The van der Waals surface area contributed by atoms with Crippen LogP contribution in [0.5, 0.6) is 0 Å². The van der Waals surface area contributed by atoms with Gasteiger partial charge in [-0.3, -0.25) is 4.79 Å². The Morgan fingerprint density at radius 2 is 2.23 bits per heavy atom. The van der Waals surface area contributed by atoms with E-state index in [0.717, 1.165) is 25.7 Å². The van der Waals surface area contributed by atoms with E-state index in [4.69, 9.17) is 11.5 Å². The molecule has 0 aromatic rings. The fraction of sp³-hybridized carbons (Fsp3) is 0.889. The normalized spacial score (nSPS) is 31.0. The summed E-state index contributed by atoms with van der Waals surface area (Å²) in [5, 5.41) is 2.90. The number of nitrogens with one attached hydrogen (secondary N) is 1. The van der Waals surface area contributed by atoms with Crippen LogP contribution in [0.2, 0.25) is 0 Å². The summed E-state index contributed by atoms with van der Waals surface area (Å²) in [7, 11) is 0. The van der Waals surface area contributed by atoms with Crippen molar-refractivity contribution < 1.29 is 4.79 Å². The molecule has 1 amide bonds. The lowest BCUT2D eigenvalue weighted by Crippen LogP contribution is -2.47. The van der Waals surface area contributed by atoms with Gasteiger partial charge in [-0.25, -0.2) is 0 Å². The van der Waals surface area contributed by atoms with Crippen LogP contribution in [-0.2, 0) is 4.79 Å². The predicted molar refractivity (Wildman–Crippen MR) is 52.0 cm³/mol. The maximum absolute atomic E-state index is 11.2. The quantitative estimate of drug-likeness (QED) is 0.553. The van der Waals surface area contributed by atoms with Gasteiger partial charge in [-0.1, -0.05) is 0 Å². The van der Waals surface area contributed by atoms with Crippen molar-refractivity contribution in [2.75, 3.05) is 0 Å². The number of hydrogen-bond acceptors (Lipinski definition) is 3. The van der Waals surface area contributed by atoms with Crippen molar-refractivity contribution in [1.29, 1.82) is 0 Å². The lowest BCUT2D eigenvalue weighted by Gasteiger charge is -2.27. The summed E-state index contributed by atoms with van der Waals surface area (Å²) in [6.45, 7) is 1.69. The molecule has 3 atom stereocenters. The third-order valence-corrected chi connectivity index (χ3v) is 2.47. The molecule has 5 N–H and O–H groups in total. The van der Waals surface area contributed by atoms with Crippen LogP contribution in [0.15, 0.2) is 0 Å². The van der Waals surface area contributed by atoms with Gasteiger partial charge in [0.25, 0.3) is 0 Å². The Balaban J connectivity index is 2.31. The molecule has 0 bridgehead atoms. The van der Waals surface area contributed by atoms with Crippen LogP contribution in [-0.4, -0.2) is 24.0 Å². The first-order chi connectivity index (χ1) is 6.09. The minimum Gasteiger partial charge on any atom is -0.352 e. The molecule has 3 unspecified atom stereocenters. The molecule has 0 radical (unpaired) electrons. The summed E-state index contributed by atoms with van der Waals surface area (Å²) in [4.78, 5) is 11.2. The van der Waals surface area contributed by atoms with Crippen LogP contribution in [0.25, 0.3) is 0 Å². The molecular formula is C9H19N3O. The molecule has 4 heteroatoms. The molecule has 4 nitrogen and oxygen atoms in total.